The zero-order valence-corrected chi connectivity index (χ0v) is 11.9. The third-order valence-electron chi connectivity index (χ3n) is 4.21. The lowest BCUT2D eigenvalue weighted by atomic mass is 9.76. The fourth-order valence-corrected chi connectivity index (χ4v) is 3.42. The summed E-state index contributed by atoms with van der Waals surface area (Å²) in [5, 5.41) is 13.7. The van der Waals surface area contributed by atoms with Crippen LogP contribution < -0.4 is 0 Å². The minimum absolute atomic E-state index is 0.196. The van der Waals surface area contributed by atoms with Crippen molar-refractivity contribution in [2.24, 2.45) is 11.3 Å². The first-order valence-electron chi connectivity index (χ1n) is 6.51. The average molecular weight is 267 g/mol. The maximum atomic E-state index is 11.5. The van der Waals surface area contributed by atoms with Gasteiger partial charge in [-0.3, -0.25) is 4.79 Å². The van der Waals surface area contributed by atoms with Gasteiger partial charge in [-0.05, 0) is 47.7 Å². The third-order valence-corrected chi connectivity index (χ3v) is 4.94. The number of rotatable bonds is 5. The molecule has 0 amide bonds. The van der Waals surface area contributed by atoms with Gasteiger partial charge in [0.25, 0.3) is 0 Å². The molecule has 1 saturated heterocycles. The van der Waals surface area contributed by atoms with Crippen molar-refractivity contribution in [3.63, 3.8) is 0 Å². The summed E-state index contributed by atoms with van der Waals surface area (Å²) in [5.41, 5.74) is 0.826. The first-order chi connectivity index (χ1) is 8.54. The van der Waals surface area contributed by atoms with Crippen LogP contribution in [-0.2, 0) is 11.2 Å². The van der Waals surface area contributed by atoms with E-state index in [-0.39, 0.29) is 5.92 Å². The van der Waals surface area contributed by atoms with E-state index in [1.54, 1.807) is 11.3 Å². The summed E-state index contributed by atoms with van der Waals surface area (Å²) in [6, 6.07) is 2.15. The number of carbonyl (C=O) groups is 1. The molecule has 1 N–H and O–H groups in total. The second-order valence-corrected chi connectivity index (χ2v) is 6.30. The van der Waals surface area contributed by atoms with Gasteiger partial charge in [0.1, 0.15) is 0 Å². The molecular formula is C14H21NO2S. The Hall–Kier alpha value is -0.870. The van der Waals surface area contributed by atoms with Crippen LogP contribution in [0, 0.1) is 11.3 Å². The molecule has 4 heteroatoms. The molecule has 18 heavy (non-hydrogen) atoms. The highest BCUT2D eigenvalue weighted by Gasteiger charge is 2.46. The molecule has 1 unspecified atom stereocenters. The van der Waals surface area contributed by atoms with Gasteiger partial charge in [0.2, 0.25) is 0 Å². The van der Waals surface area contributed by atoms with E-state index in [0.29, 0.717) is 6.54 Å². The lowest BCUT2D eigenvalue weighted by molar-refractivity contribution is -0.151. The minimum Gasteiger partial charge on any atom is -0.481 e. The molecular weight excluding hydrogens is 246 g/mol. The molecule has 1 aromatic rings. The second kappa shape index (κ2) is 5.41. The molecule has 1 aliphatic heterocycles. The zero-order valence-electron chi connectivity index (χ0n) is 11.1. The van der Waals surface area contributed by atoms with E-state index in [1.165, 1.54) is 5.56 Å². The van der Waals surface area contributed by atoms with Gasteiger partial charge in [-0.25, -0.2) is 0 Å². The highest BCUT2D eigenvalue weighted by Crippen LogP contribution is 2.38. The summed E-state index contributed by atoms with van der Waals surface area (Å²) < 4.78 is 0. The molecule has 0 saturated carbocycles. The Morgan fingerprint density at radius 3 is 2.89 bits per heavy atom. The molecule has 3 nitrogen and oxygen atoms in total. The molecule has 0 aliphatic carbocycles. The van der Waals surface area contributed by atoms with E-state index in [1.807, 2.05) is 13.8 Å². The van der Waals surface area contributed by atoms with Gasteiger partial charge in [0.15, 0.2) is 0 Å². The number of carboxylic acid groups (broad SMARTS) is 1. The quantitative estimate of drug-likeness (QED) is 0.891. The molecule has 1 aromatic heterocycles. The van der Waals surface area contributed by atoms with Crippen molar-refractivity contribution >= 4 is 17.3 Å². The van der Waals surface area contributed by atoms with Gasteiger partial charge in [-0.15, -0.1) is 0 Å². The van der Waals surface area contributed by atoms with Crippen molar-refractivity contribution < 1.29 is 9.90 Å². The Bertz CT molecular complexity index is 402. The molecule has 0 radical (unpaired) electrons. The summed E-state index contributed by atoms with van der Waals surface area (Å²) in [4.78, 5) is 13.8. The Kier molecular flexibility index (Phi) is 4.07. The normalized spacial score (nSPS) is 24.8. The lowest BCUT2D eigenvalue weighted by Gasteiger charge is -2.28. The SMILES string of the molecule is CC(C)C1(C(=O)O)CCN(CCc2ccsc2)C1. The number of thiophene rings is 1. The summed E-state index contributed by atoms with van der Waals surface area (Å²) in [7, 11) is 0. The van der Waals surface area contributed by atoms with Crippen LogP contribution in [0.25, 0.3) is 0 Å². The van der Waals surface area contributed by atoms with Crippen LogP contribution in [0.3, 0.4) is 0 Å². The van der Waals surface area contributed by atoms with E-state index in [0.717, 1.165) is 25.9 Å². The molecule has 1 fully saturated rings. The molecule has 2 rings (SSSR count). The van der Waals surface area contributed by atoms with Gasteiger partial charge in [-0.2, -0.15) is 11.3 Å². The number of likely N-dealkylation sites (tertiary alicyclic amines) is 1. The summed E-state index contributed by atoms with van der Waals surface area (Å²) >= 11 is 1.72. The van der Waals surface area contributed by atoms with Crippen LogP contribution in [-0.4, -0.2) is 35.6 Å². The zero-order chi connectivity index (χ0) is 13.2. The van der Waals surface area contributed by atoms with E-state index < -0.39 is 11.4 Å². The van der Waals surface area contributed by atoms with Crippen LogP contribution in [0.1, 0.15) is 25.8 Å². The molecule has 0 spiro atoms. The van der Waals surface area contributed by atoms with Gasteiger partial charge in [0, 0.05) is 13.1 Å². The maximum absolute atomic E-state index is 11.5. The largest absolute Gasteiger partial charge is 0.481 e. The van der Waals surface area contributed by atoms with E-state index >= 15 is 0 Å². The maximum Gasteiger partial charge on any atom is 0.311 e. The topological polar surface area (TPSA) is 40.5 Å². The number of carboxylic acids is 1. The van der Waals surface area contributed by atoms with Crippen molar-refractivity contribution in [1.29, 1.82) is 0 Å². The van der Waals surface area contributed by atoms with Crippen molar-refractivity contribution in [2.45, 2.75) is 26.7 Å². The highest BCUT2D eigenvalue weighted by molar-refractivity contribution is 7.07. The number of nitrogens with zero attached hydrogens (tertiary/aromatic N) is 1. The highest BCUT2D eigenvalue weighted by atomic mass is 32.1. The molecule has 1 atom stereocenters. The van der Waals surface area contributed by atoms with Crippen molar-refractivity contribution in [3.05, 3.63) is 22.4 Å². The van der Waals surface area contributed by atoms with Crippen molar-refractivity contribution in [1.82, 2.24) is 4.90 Å². The van der Waals surface area contributed by atoms with Crippen LogP contribution in [0.5, 0.6) is 0 Å². The predicted octanol–water partition coefficient (Wildman–Crippen LogP) is 2.72. The summed E-state index contributed by atoms with van der Waals surface area (Å²) in [6.45, 7) is 6.63. The summed E-state index contributed by atoms with van der Waals surface area (Å²) in [5.74, 6) is -0.434. The molecule has 0 aromatic carbocycles. The van der Waals surface area contributed by atoms with E-state index in [2.05, 4.69) is 21.7 Å². The van der Waals surface area contributed by atoms with Crippen LogP contribution in [0.15, 0.2) is 16.8 Å². The molecule has 2 heterocycles. The first-order valence-corrected chi connectivity index (χ1v) is 7.46. The number of hydrogen-bond acceptors (Lipinski definition) is 3. The smallest absolute Gasteiger partial charge is 0.311 e. The average Bonchev–Trinajstić information content (AvgIpc) is 2.96. The monoisotopic (exact) mass is 267 g/mol. The van der Waals surface area contributed by atoms with Crippen LogP contribution in [0.2, 0.25) is 0 Å². The Morgan fingerprint density at radius 1 is 1.61 bits per heavy atom. The second-order valence-electron chi connectivity index (χ2n) is 5.52. The Balaban J connectivity index is 1.93. The van der Waals surface area contributed by atoms with Crippen molar-refractivity contribution in [2.75, 3.05) is 19.6 Å². The summed E-state index contributed by atoms with van der Waals surface area (Å²) in [6.07, 6.45) is 1.81. The van der Waals surface area contributed by atoms with Crippen LogP contribution in [0.4, 0.5) is 0 Å². The molecule has 1 aliphatic rings. The van der Waals surface area contributed by atoms with Gasteiger partial charge >= 0.3 is 5.97 Å². The fraction of sp³-hybridized carbons (Fsp3) is 0.643. The van der Waals surface area contributed by atoms with Gasteiger partial charge < -0.3 is 10.0 Å². The lowest BCUT2D eigenvalue weighted by Crippen LogP contribution is -2.39. The Labute approximate surface area is 112 Å². The fourth-order valence-electron chi connectivity index (χ4n) is 2.72. The standard InChI is InChI=1S/C14H21NO2S/c1-11(2)14(13(16)17)5-7-15(10-14)6-3-12-4-8-18-9-12/h4,8-9,11H,3,5-7,10H2,1-2H3,(H,16,17). The Morgan fingerprint density at radius 2 is 2.39 bits per heavy atom. The van der Waals surface area contributed by atoms with Gasteiger partial charge in [-0.1, -0.05) is 13.8 Å². The van der Waals surface area contributed by atoms with Crippen molar-refractivity contribution in [3.8, 4) is 0 Å². The molecule has 100 valence electrons. The predicted molar refractivity (Wildman–Crippen MR) is 74.0 cm³/mol. The number of hydrogen-bond donors (Lipinski definition) is 1. The van der Waals surface area contributed by atoms with Crippen LogP contribution >= 0.6 is 11.3 Å². The molecule has 0 bridgehead atoms. The van der Waals surface area contributed by atoms with Gasteiger partial charge in [0.05, 0.1) is 5.41 Å². The third kappa shape index (κ3) is 2.59. The van der Waals surface area contributed by atoms with E-state index in [4.69, 9.17) is 0 Å². The minimum atomic E-state index is -0.629. The first kappa shape index (κ1) is 13.6. The number of aliphatic carboxylic acids is 1. The van der Waals surface area contributed by atoms with E-state index in [9.17, 15) is 9.90 Å².